The summed E-state index contributed by atoms with van der Waals surface area (Å²) in [4.78, 5) is 12.1. The van der Waals surface area contributed by atoms with Crippen LogP contribution >= 0.6 is 0 Å². The van der Waals surface area contributed by atoms with Crippen LogP contribution in [0.15, 0.2) is 79.1 Å². The zero-order valence-corrected chi connectivity index (χ0v) is 12.0. The summed E-state index contributed by atoms with van der Waals surface area (Å²) in [5.41, 5.74) is 1.67. The summed E-state index contributed by atoms with van der Waals surface area (Å²) in [6.45, 7) is -0.0238. The lowest BCUT2D eigenvalue weighted by Gasteiger charge is -2.12. The fraction of sp³-hybridized carbons (Fsp3) is 0.0556. The maximum atomic E-state index is 12.1. The van der Waals surface area contributed by atoms with Gasteiger partial charge in [-0.3, -0.25) is 4.79 Å². The molecule has 0 saturated carbocycles. The van der Waals surface area contributed by atoms with E-state index < -0.39 is 0 Å². The number of ether oxygens (including phenoxy) is 1. The molecule has 22 heavy (non-hydrogen) atoms. The zero-order chi connectivity index (χ0) is 15.2. The number of amides is 1. The molecule has 0 aliphatic carbocycles. The molecule has 4 heteroatoms. The van der Waals surface area contributed by atoms with Gasteiger partial charge < -0.3 is 14.6 Å². The summed E-state index contributed by atoms with van der Waals surface area (Å²) < 4.78 is 7.40. The molecule has 1 heterocycles. The third-order valence-electron chi connectivity index (χ3n) is 3.17. The first-order chi connectivity index (χ1) is 10.8. The van der Waals surface area contributed by atoms with E-state index in [4.69, 9.17) is 4.74 Å². The van der Waals surface area contributed by atoms with Crippen LogP contribution < -0.4 is 10.1 Å². The Balaban J connectivity index is 1.67. The molecule has 0 unspecified atom stereocenters. The summed E-state index contributed by atoms with van der Waals surface area (Å²) >= 11 is 0. The first-order valence-electron chi connectivity index (χ1n) is 7.03. The van der Waals surface area contributed by atoms with E-state index in [0.29, 0.717) is 5.75 Å². The first-order valence-corrected chi connectivity index (χ1v) is 7.03. The van der Waals surface area contributed by atoms with Crippen molar-refractivity contribution in [2.45, 2.75) is 0 Å². The van der Waals surface area contributed by atoms with Crippen molar-refractivity contribution in [3.05, 3.63) is 79.1 Å². The second-order valence-electron chi connectivity index (χ2n) is 4.76. The van der Waals surface area contributed by atoms with Crippen LogP contribution in [0, 0.1) is 0 Å². The largest absolute Gasteiger partial charge is 0.484 e. The van der Waals surface area contributed by atoms with E-state index in [9.17, 15) is 4.79 Å². The molecule has 0 bridgehead atoms. The van der Waals surface area contributed by atoms with Gasteiger partial charge in [0.1, 0.15) is 5.75 Å². The van der Waals surface area contributed by atoms with Crippen LogP contribution in [0.3, 0.4) is 0 Å². The van der Waals surface area contributed by atoms with Crippen molar-refractivity contribution in [2.75, 3.05) is 11.9 Å². The van der Waals surface area contributed by atoms with E-state index >= 15 is 0 Å². The molecule has 2 aromatic carbocycles. The van der Waals surface area contributed by atoms with Crippen LogP contribution in [0.2, 0.25) is 0 Å². The van der Waals surface area contributed by atoms with Gasteiger partial charge in [0.25, 0.3) is 5.91 Å². The summed E-state index contributed by atoms with van der Waals surface area (Å²) in [6, 6.07) is 20.8. The Labute approximate surface area is 129 Å². The lowest BCUT2D eigenvalue weighted by molar-refractivity contribution is -0.118. The summed E-state index contributed by atoms with van der Waals surface area (Å²) in [5.74, 6) is 0.486. The lowest BCUT2D eigenvalue weighted by Crippen LogP contribution is -2.21. The van der Waals surface area contributed by atoms with Crippen molar-refractivity contribution in [3.63, 3.8) is 0 Å². The van der Waals surface area contributed by atoms with Gasteiger partial charge in [0.2, 0.25) is 0 Å². The molecule has 1 amide bonds. The van der Waals surface area contributed by atoms with E-state index in [1.165, 1.54) is 0 Å². The Morgan fingerprint density at radius 2 is 1.59 bits per heavy atom. The zero-order valence-electron chi connectivity index (χ0n) is 12.0. The van der Waals surface area contributed by atoms with Crippen molar-refractivity contribution in [1.29, 1.82) is 0 Å². The molecular weight excluding hydrogens is 276 g/mol. The molecule has 0 aliphatic rings. The molecule has 0 spiro atoms. The standard InChI is InChI=1S/C18H16N2O2/c21-18(14-22-15-8-2-1-3-9-15)19-16-10-4-5-11-17(16)20-12-6-7-13-20/h1-13H,14H2,(H,19,21). The second kappa shape index (κ2) is 6.63. The van der Waals surface area contributed by atoms with E-state index in [2.05, 4.69) is 5.32 Å². The Hall–Kier alpha value is -3.01. The third-order valence-corrected chi connectivity index (χ3v) is 3.17. The highest BCUT2D eigenvalue weighted by molar-refractivity contribution is 5.93. The molecule has 0 aliphatic heterocycles. The number of para-hydroxylation sites is 3. The normalized spacial score (nSPS) is 10.2. The minimum Gasteiger partial charge on any atom is -0.484 e. The van der Waals surface area contributed by atoms with E-state index in [1.54, 1.807) is 0 Å². The van der Waals surface area contributed by atoms with Crippen LogP contribution in [0.1, 0.15) is 0 Å². The van der Waals surface area contributed by atoms with Gasteiger partial charge in [0.05, 0.1) is 11.4 Å². The lowest BCUT2D eigenvalue weighted by atomic mass is 10.2. The molecule has 0 saturated heterocycles. The average Bonchev–Trinajstić information content (AvgIpc) is 3.09. The summed E-state index contributed by atoms with van der Waals surface area (Å²) in [7, 11) is 0. The number of aromatic nitrogens is 1. The topological polar surface area (TPSA) is 43.3 Å². The first kappa shape index (κ1) is 13.9. The highest BCUT2D eigenvalue weighted by Crippen LogP contribution is 2.20. The average molecular weight is 292 g/mol. The van der Waals surface area contributed by atoms with Gasteiger partial charge in [-0.15, -0.1) is 0 Å². The number of nitrogens with one attached hydrogen (secondary N) is 1. The molecule has 110 valence electrons. The minimum atomic E-state index is -0.191. The van der Waals surface area contributed by atoms with Crippen molar-refractivity contribution in [2.24, 2.45) is 0 Å². The van der Waals surface area contributed by atoms with Crippen LogP contribution in [-0.2, 0) is 4.79 Å². The monoisotopic (exact) mass is 292 g/mol. The number of nitrogens with zero attached hydrogens (tertiary/aromatic N) is 1. The van der Waals surface area contributed by atoms with Gasteiger partial charge in [0.15, 0.2) is 6.61 Å². The van der Waals surface area contributed by atoms with Gasteiger partial charge in [-0.1, -0.05) is 30.3 Å². The molecule has 0 radical (unpaired) electrons. The number of hydrogen-bond acceptors (Lipinski definition) is 2. The van der Waals surface area contributed by atoms with E-state index in [1.807, 2.05) is 83.7 Å². The number of rotatable bonds is 5. The van der Waals surface area contributed by atoms with Gasteiger partial charge in [-0.25, -0.2) is 0 Å². The number of hydrogen-bond donors (Lipinski definition) is 1. The molecule has 3 rings (SSSR count). The van der Waals surface area contributed by atoms with Gasteiger partial charge in [-0.05, 0) is 36.4 Å². The molecular formula is C18H16N2O2. The van der Waals surface area contributed by atoms with Gasteiger partial charge >= 0.3 is 0 Å². The molecule has 0 atom stereocenters. The molecule has 3 aromatic rings. The third kappa shape index (κ3) is 3.35. The highest BCUT2D eigenvalue weighted by atomic mass is 16.5. The van der Waals surface area contributed by atoms with Crippen molar-refractivity contribution >= 4 is 11.6 Å². The number of anilines is 1. The molecule has 0 fully saturated rings. The maximum absolute atomic E-state index is 12.1. The van der Waals surface area contributed by atoms with Gasteiger partial charge in [-0.2, -0.15) is 0 Å². The fourth-order valence-corrected chi connectivity index (χ4v) is 2.15. The number of benzene rings is 2. The van der Waals surface area contributed by atoms with Crippen LogP contribution in [0.4, 0.5) is 5.69 Å². The Morgan fingerprint density at radius 3 is 2.36 bits per heavy atom. The quantitative estimate of drug-likeness (QED) is 0.782. The molecule has 4 nitrogen and oxygen atoms in total. The van der Waals surface area contributed by atoms with Crippen LogP contribution in [-0.4, -0.2) is 17.1 Å². The molecule has 1 N–H and O–H groups in total. The molecule has 1 aromatic heterocycles. The number of carbonyl (C=O) groups excluding carboxylic acids is 1. The summed E-state index contributed by atoms with van der Waals surface area (Å²) in [6.07, 6.45) is 3.87. The maximum Gasteiger partial charge on any atom is 0.262 e. The second-order valence-corrected chi connectivity index (χ2v) is 4.76. The Morgan fingerprint density at radius 1 is 0.909 bits per heavy atom. The fourth-order valence-electron chi connectivity index (χ4n) is 2.15. The number of carbonyl (C=O) groups is 1. The highest BCUT2D eigenvalue weighted by Gasteiger charge is 2.08. The van der Waals surface area contributed by atoms with Crippen molar-refractivity contribution in [3.8, 4) is 11.4 Å². The van der Waals surface area contributed by atoms with Crippen molar-refractivity contribution < 1.29 is 9.53 Å². The predicted molar refractivity (Wildman–Crippen MR) is 86.3 cm³/mol. The van der Waals surface area contributed by atoms with Gasteiger partial charge in [0, 0.05) is 12.4 Å². The van der Waals surface area contributed by atoms with E-state index in [0.717, 1.165) is 11.4 Å². The summed E-state index contributed by atoms with van der Waals surface area (Å²) in [5, 5.41) is 2.88. The van der Waals surface area contributed by atoms with Crippen LogP contribution in [0.5, 0.6) is 5.75 Å². The van der Waals surface area contributed by atoms with E-state index in [-0.39, 0.29) is 12.5 Å². The van der Waals surface area contributed by atoms with Crippen molar-refractivity contribution in [1.82, 2.24) is 4.57 Å². The predicted octanol–water partition coefficient (Wildman–Crippen LogP) is 3.49. The SMILES string of the molecule is O=C(COc1ccccc1)Nc1ccccc1-n1cccc1. The minimum absolute atomic E-state index is 0.0238. The smallest absolute Gasteiger partial charge is 0.262 e. The Bertz CT molecular complexity index is 737. The van der Waals surface area contributed by atoms with Crippen LogP contribution in [0.25, 0.3) is 5.69 Å². The Kier molecular flexibility index (Phi) is 4.20.